The standard InChI is InChI=1S/C15H18Cl2N4/c1-4-9(2)18-13-8-14(20-10(3)19-13)21-12-7-5-6-11(16)15(12)17/h5-9H,4H2,1-3H3,(H2,18,19,20,21). The Balaban J connectivity index is 2.25. The lowest BCUT2D eigenvalue weighted by Crippen LogP contribution is -2.15. The molecule has 1 atom stereocenters. The van der Waals surface area contributed by atoms with Gasteiger partial charge in [0, 0.05) is 12.1 Å². The summed E-state index contributed by atoms with van der Waals surface area (Å²) in [5, 5.41) is 7.50. The summed E-state index contributed by atoms with van der Waals surface area (Å²) in [6.45, 7) is 6.08. The molecule has 0 saturated carbocycles. The lowest BCUT2D eigenvalue weighted by atomic mass is 10.2. The molecule has 0 spiro atoms. The van der Waals surface area contributed by atoms with Crippen LogP contribution in [0.15, 0.2) is 24.3 Å². The Morgan fingerprint density at radius 2 is 1.90 bits per heavy atom. The van der Waals surface area contributed by atoms with Crippen molar-refractivity contribution in [2.45, 2.75) is 33.2 Å². The summed E-state index contributed by atoms with van der Waals surface area (Å²) in [6, 6.07) is 7.64. The lowest BCUT2D eigenvalue weighted by Gasteiger charge is -2.14. The second-order valence-corrected chi connectivity index (χ2v) is 5.65. The number of rotatable bonds is 5. The number of benzene rings is 1. The van der Waals surface area contributed by atoms with Crippen LogP contribution >= 0.6 is 23.2 Å². The van der Waals surface area contributed by atoms with Crippen molar-refractivity contribution in [2.75, 3.05) is 10.6 Å². The summed E-state index contributed by atoms with van der Waals surface area (Å²) in [6.07, 6.45) is 1.02. The summed E-state index contributed by atoms with van der Waals surface area (Å²) in [7, 11) is 0. The highest BCUT2D eigenvalue weighted by Gasteiger charge is 2.08. The van der Waals surface area contributed by atoms with E-state index in [4.69, 9.17) is 23.2 Å². The third-order valence-corrected chi connectivity index (χ3v) is 3.88. The molecule has 4 nitrogen and oxygen atoms in total. The van der Waals surface area contributed by atoms with E-state index in [0.717, 1.165) is 17.9 Å². The van der Waals surface area contributed by atoms with Crippen LogP contribution < -0.4 is 10.6 Å². The third kappa shape index (κ3) is 4.22. The fourth-order valence-electron chi connectivity index (χ4n) is 1.80. The van der Waals surface area contributed by atoms with Crippen molar-refractivity contribution < 1.29 is 0 Å². The number of hydrogen-bond acceptors (Lipinski definition) is 4. The van der Waals surface area contributed by atoms with E-state index >= 15 is 0 Å². The van der Waals surface area contributed by atoms with E-state index in [1.165, 1.54) is 0 Å². The summed E-state index contributed by atoms with van der Waals surface area (Å²) < 4.78 is 0. The van der Waals surface area contributed by atoms with Crippen LogP contribution in [-0.4, -0.2) is 16.0 Å². The largest absolute Gasteiger partial charge is 0.367 e. The fraction of sp³-hybridized carbons (Fsp3) is 0.333. The number of nitrogens with one attached hydrogen (secondary N) is 2. The first kappa shape index (κ1) is 15.9. The van der Waals surface area contributed by atoms with Crippen molar-refractivity contribution in [3.63, 3.8) is 0 Å². The number of hydrogen-bond donors (Lipinski definition) is 2. The van der Waals surface area contributed by atoms with Crippen LogP contribution in [0.5, 0.6) is 0 Å². The van der Waals surface area contributed by atoms with Crippen LogP contribution in [0, 0.1) is 6.92 Å². The molecule has 0 bridgehead atoms. The Morgan fingerprint density at radius 3 is 2.62 bits per heavy atom. The van der Waals surface area contributed by atoms with Crippen molar-refractivity contribution in [2.24, 2.45) is 0 Å². The van der Waals surface area contributed by atoms with Crippen LogP contribution in [0.1, 0.15) is 26.1 Å². The maximum Gasteiger partial charge on any atom is 0.136 e. The van der Waals surface area contributed by atoms with Crippen molar-refractivity contribution in [3.05, 3.63) is 40.1 Å². The molecule has 0 aliphatic carbocycles. The van der Waals surface area contributed by atoms with Crippen molar-refractivity contribution in [1.82, 2.24) is 9.97 Å². The van der Waals surface area contributed by atoms with E-state index in [2.05, 4.69) is 34.4 Å². The number of aromatic nitrogens is 2. The fourth-order valence-corrected chi connectivity index (χ4v) is 2.15. The third-order valence-electron chi connectivity index (χ3n) is 3.06. The van der Waals surface area contributed by atoms with Gasteiger partial charge in [0.05, 0.1) is 15.7 Å². The highest BCUT2D eigenvalue weighted by molar-refractivity contribution is 6.43. The molecule has 1 unspecified atom stereocenters. The Hall–Kier alpha value is -1.52. The minimum atomic E-state index is 0.349. The van der Waals surface area contributed by atoms with Crippen LogP contribution in [0.3, 0.4) is 0 Å². The maximum absolute atomic E-state index is 6.18. The summed E-state index contributed by atoms with van der Waals surface area (Å²) in [4.78, 5) is 8.75. The first-order valence-corrected chi connectivity index (χ1v) is 7.58. The second-order valence-electron chi connectivity index (χ2n) is 4.87. The van der Waals surface area contributed by atoms with E-state index < -0.39 is 0 Å². The van der Waals surface area contributed by atoms with Gasteiger partial charge in [-0.15, -0.1) is 0 Å². The van der Waals surface area contributed by atoms with Gasteiger partial charge in [0.1, 0.15) is 17.5 Å². The topological polar surface area (TPSA) is 49.8 Å². The average Bonchev–Trinajstić information content (AvgIpc) is 2.43. The normalized spacial score (nSPS) is 12.0. The molecule has 0 aliphatic rings. The van der Waals surface area contributed by atoms with E-state index in [1.54, 1.807) is 6.07 Å². The van der Waals surface area contributed by atoms with E-state index in [-0.39, 0.29) is 0 Å². The monoisotopic (exact) mass is 324 g/mol. The minimum absolute atomic E-state index is 0.349. The van der Waals surface area contributed by atoms with Crippen molar-refractivity contribution in [3.8, 4) is 0 Å². The van der Waals surface area contributed by atoms with Gasteiger partial charge in [-0.25, -0.2) is 9.97 Å². The molecule has 0 fully saturated rings. The second kappa shape index (κ2) is 6.96. The van der Waals surface area contributed by atoms with Crippen molar-refractivity contribution >= 4 is 40.5 Å². The highest BCUT2D eigenvalue weighted by atomic mass is 35.5. The number of aryl methyl sites for hydroxylation is 1. The number of anilines is 3. The van der Waals surface area contributed by atoms with Gasteiger partial charge in [0.2, 0.25) is 0 Å². The molecule has 1 heterocycles. The van der Waals surface area contributed by atoms with Gasteiger partial charge in [0.25, 0.3) is 0 Å². The average molecular weight is 325 g/mol. The van der Waals surface area contributed by atoms with Gasteiger partial charge >= 0.3 is 0 Å². The Kier molecular flexibility index (Phi) is 5.26. The van der Waals surface area contributed by atoms with Crippen LogP contribution in [-0.2, 0) is 0 Å². The predicted molar refractivity (Wildman–Crippen MR) is 89.9 cm³/mol. The molecular weight excluding hydrogens is 307 g/mol. The van der Waals surface area contributed by atoms with Crippen LogP contribution in [0.25, 0.3) is 0 Å². The molecule has 2 aromatic rings. The zero-order valence-corrected chi connectivity index (χ0v) is 13.8. The Labute approximate surface area is 134 Å². The zero-order valence-electron chi connectivity index (χ0n) is 12.2. The number of halogens is 2. The Morgan fingerprint density at radius 1 is 1.19 bits per heavy atom. The molecule has 1 aromatic heterocycles. The molecule has 0 aliphatic heterocycles. The van der Waals surface area contributed by atoms with Crippen LogP contribution in [0.2, 0.25) is 10.0 Å². The van der Waals surface area contributed by atoms with Gasteiger partial charge in [-0.05, 0) is 32.4 Å². The van der Waals surface area contributed by atoms with Gasteiger partial charge in [0.15, 0.2) is 0 Å². The highest BCUT2D eigenvalue weighted by Crippen LogP contribution is 2.31. The molecule has 0 amide bonds. The van der Waals surface area contributed by atoms with E-state index in [9.17, 15) is 0 Å². The van der Waals surface area contributed by atoms with Crippen molar-refractivity contribution in [1.29, 1.82) is 0 Å². The Bertz CT molecular complexity index is 631. The molecule has 0 radical (unpaired) electrons. The molecule has 21 heavy (non-hydrogen) atoms. The smallest absolute Gasteiger partial charge is 0.136 e. The molecule has 6 heteroatoms. The number of nitrogens with zero attached hydrogens (tertiary/aromatic N) is 2. The summed E-state index contributed by atoms with van der Waals surface area (Å²) in [5.41, 5.74) is 0.719. The van der Waals surface area contributed by atoms with Crippen LogP contribution in [0.4, 0.5) is 17.3 Å². The summed E-state index contributed by atoms with van der Waals surface area (Å²) in [5.74, 6) is 2.15. The van der Waals surface area contributed by atoms with E-state index in [1.807, 2.05) is 25.1 Å². The van der Waals surface area contributed by atoms with Gasteiger partial charge in [-0.2, -0.15) is 0 Å². The summed E-state index contributed by atoms with van der Waals surface area (Å²) >= 11 is 12.2. The first-order valence-electron chi connectivity index (χ1n) is 6.83. The molecule has 2 N–H and O–H groups in total. The van der Waals surface area contributed by atoms with Gasteiger partial charge in [-0.3, -0.25) is 0 Å². The molecular formula is C15H18Cl2N4. The minimum Gasteiger partial charge on any atom is -0.367 e. The quantitative estimate of drug-likeness (QED) is 0.808. The molecule has 0 saturated heterocycles. The van der Waals surface area contributed by atoms with E-state index in [0.29, 0.717) is 27.7 Å². The predicted octanol–water partition coefficient (Wildman–Crippen LogP) is 5.05. The zero-order chi connectivity index (χ0) is 15.4. The van der Waals surface area contributed by atoms with Gasteiger partial charge in [-0.1, -0.05) is 36.2 Å². The molecule has 112 valence electrons. The lowest BCUT2D eigenvalue weighted by molar-refractivity contribution is 0.757. The SMILES string of the molecule is CCC(C)Nc1cc(Nc2cccc(Cl)c2Cl)nc(C)n1. The molecule has 1 aromatic carbocycles. The first-order chi connectivity index (χ1) is 9.99. The maximum atomic E-state index is 6.18. The van der Waals surface area contributed by atoms with Gasteiger partial charge < -0.3 is 10.6 Å². The molecule has 2 rings (SSSR count).